The molecule has 1 saturated heterocycles. The predicted molar refractivity (Wildman–Crippen MR) is 79.3 cm³/mol. The Hall–Kier alpha value is -2.14. The molecule has 0 radical (unpaired) electrons. The van der Waals surface area contributed by atoms with Crippen LogP contribution in [0.4, 0.5) is 0 Å². The normalized spacial score (nSPS) is 18.7. The second-order valence-electron chi connectivity index (χ2n) is 5.45. The number of para-hydroxylation sites is 1. The number of likely N-dealkylation sites (tertiary alicyclic amines) is 1. The van der Waals surface area contributed by atoms with Crippen molar-refractivity contribution in [1.29, 1.82) is 0 Å². The Labute approximate surface area is 123 Å². The fourth-order valence-corrected chi connectivity index (χ4v) is 2.74. The van der Waals surface area contributed by atoms with Crippen molar-refractivity contribution in [2.75, 3.05) is 19.7 Å². The Morgan fingerprint density at radius 2 is 2.14 bits per heavy atom. The van der Waals surface area contributed by atoms with Crippen molar-refractivity contribution in [2.45, 2.75) is 12.8 Å². The summed E-state index contributed by atoms with van der Waals surface area (Å²) in [6.45, 7) is 1.53. The standard InChI is InChI=1S/C16H19N3O2/c20-12-13-5-4-8-18(10-13)16(21)14-9-17-19(11-14)15-6-2-1-3-7-15/h1-3,6-7,9,11,13,20H,4-5,8,10,12H2. The zero-order chi connectivity index (χ0) is 14.7. The van der Waals surface area contributed by atoms with Gasteiger partial charge in [-0.3, -0.25) is 4.79 Å². The van der Waals surface area contributed by atoms with Crippen LogP contribution in [0.5, 0.6) is 0 Å². The molecule has 1 unspecified atom stereocenters. The summed E-state index contributed by atoms with van der Waals surface area (Å²) in [5.74, 6) is 0.196. The first-order chi connectivity index (χ1) is 10.3. The maximum atomic E-state index is 12.5. The first kappa shape index (κ1) is 13.8. The predicted octanol–water partition coefficient (Wildman–Crippen LogP) is 1.72. The third-order valence-corrected chi connectivity index (χ3v) is 3.91. The lowest BCUT2D eigenvalue weighted by Gasteiger charge is -2.31. The van der Waals surface area contributed by atoms with Gasteiger partial charge >= 0.3 is 0 Å². The van der Waals surface area contributed by atoms with Gasteiger partial charge < -0.3 is 10.0 Å². The lowest BCUT2D eigenvalue weighted by Crippen LogP contribution is -2.40. The summed E-state index contributed by atoms with van der Waals surface area (Å²) in [6, 6.07) is 9.72. The maximum Gasteiger partial charge on any atom is 0.257 e. The highest BCUT2D eigenvalue weighted by atomic mass is 16.3. The molecule has 5 heteroatoms. The van der Waals surface area contributed by atoms with Crippen molar-refractivity contribution in [3.63, 3.8) is 0 Å². The number of hydrogen-bond acceptors (Lipinski definition) is 3. The molecule has 1 aromatic carbocycles. The maximum absolute atomic E-state index is 12.5. The minimum atomic E-state index is -0.00432. The van der Waals surface area contributed by atoms with Crippen molar-refractivity contribution in [1.82, 2.24) is 14.7 Å². The number of hydrogen-bond donors (Lipinski definition) is 1. The van der Waals surface area contributed by atoms with Crippen molar-refractivity contribution in [2.24, 2.45) is 5.92 Å². The zero-order valence-corrected chi connectivity index (χ0v) is 11.9. The molecule has 110 valence electrons. The number of carbonyl (C=O) groups excluding carboxylic acids is 1. The topological polar surface area (TPSA) is 58.4 Å². The number of rotatable bonds is 3. The molecule has 0 spiro atoms. The molecule has 0 aliphatic carbocycles. The molecule has 1 atom stereocenters. The zero-order valence-electron chi connectivity index (χ0n) is 11.9. The molecule has 1 aromatic heterocycles. The highest BCUT2D eigenvalue weighted by Gasteiger charge is 2.24. The third kappa shape index (κ3) is 2.97. The first-order valence-corrected chi connectivity index (χ1v) is 7.28. The summed E-state index contributed by atoms with van der Waals surface area (Å²) in [7, 11) is 0. The number of benzene rings is 1. The molecule has 2 aromatic rings. The number of amides is 1. The summed E-state index contributed by atoms with van der Waals surface area (Å²) in [4.78, 5) is 14.3. The van der Waals surface area contributed by atoms with Gasteiger partial charge in [-0.15, -0.1) is 0 Å². The molecule has 21 heavy (non-hydrogen) atoms. The first-order valence-electron chi connectivity index (χ1n) is 7.28. The SMILES string of the molecule is O=C(c1cnn(-c2ccccc2)c1)N1CCCC(CO)C1. The van der Waals surface area contributed by atoms with Gasteiger partial charge in [0.1, 0.15) is 0 Å². The summed E-state index contributed by atoms with van der Waals surface area (Å²) in [5, 5.41) is 13.5. The van der Waals surface area contributed by atoms with E-state index in [0.29, 0.717) is 12.1 Å². The summed E-state index contributed by atoms with van der Waals surface area (Å²) < 4.78 is 1.71. The second kappa shape index (κ2) is 6.10. The Balaban J connectivity index is 1.75. The molecule has 1 fully saturated rings. The molecule has 3 rings (SSSR count). The van der Waals surface area contributed by atoms with E-state index in [2.05, 4.69) is 5.10 Å². The quantitative estimate of drug-likeness (QED) is 0.934. The van der Waals surface area contributed by atoms with Crippen LogP contribution in [0.1, 0.15) is 23.2 Å². The fraction of sp³-hybridized carbons (Fsp3) is 0.375. The van der Waals surface area contributed by atoms with Crippen LogP contribution in [0.2, 0.25) is 0 Å². The van der Waals surface area contributed by atoms with Gasteiger partial charge in [0.25, 0.3) is 5.91 Å². The molecular formula is C16H19N3O2. The number of aromatic nitrogens is 2. The van der Waals surface area contributed by atoms with E-state index in [0.717, 1.165) is 25.1 Å². The molecule has 1 amide bonds. The Bertz CT molecular complexity index is 609. The lowest BCUT2D eigenvalue weighted by molar-refractivity contribution is 0.0620. The van der Waals surface area contributed by atoms with Gasteiger partial charge in [0.2, 0.25) is 0 Å². The van der Waals surface area contributed by atoms with Crippen molar-refractivity contribution in [3.05, 3.63) is 48.3 Å². The van der Waals surface area contributed by atoms with Gasteiger partial charge in [-0.25, -0.2) is 4.68 Å². The molecule has 1 aliphatic heterocycles. The van der Waals surface area contributed by atoms with E-state index in [1.54, 1.807) is 17.1 Å². The average molecular weight is 285 g/mol. The Morgan fingerprint density at radius 3 is 2.90 bits per heavy atom. The molecule has 5 nitrogen and oxygen atoms in total. The smallest absolute Gasteiger partial charge is 0.257 e. The number of aliphatic hydroxyl groups excluding tert-OH is 1. The van der Waals surface area contributed by atoms with Gasteiger partial charge in [0.05, 0.1) is 17.4 Å². The highest BCUT2D eigenvalue weighted by molar-refractivity contribution is 5.93. The minimum Gasteiger partial charge on any atom is -0.396 e. The van der Waals surface area contributed by atoms with E-state index in [1.165, 1.54) is 0 Å². The molecule has 2 heterocycles. The fourth-order valence-electron chi connectivity index (χ4n) is 2.74. The lowest BCUT2D eigenvalue weighted by atomic mass is 9.98. The van der Waals surface area contributed by atoms with Crippen LogP contribution < -0.4 is 0 Å². The monoisotopic (exact) mass is 285 g/mol. The van der Waals surface area contributed by atoms with Gasteiger partial charge in [-0.2, -0.15) is 5.10 Å². The number of aliphatic hydroxyl groups is 1. The van der Waals surface area contributed by atoms with Crippen molar-refractivity contribution >= 4 is 5.91 Å². The molecule has 0 saturated carbocycles. The summed E-state index contributed by atoms with van der Waals surface area (Å²) in [5.41, 5.74) is 1.53. The van der Waals surface area contributed by atoms with Gasteiger partial charge in [0, 0.05) is 25.9 Å². The average Bonchev–Trinajstić information content (AvgIpc) is 3.05. The highest BCUT2D eigenvalue weighted by Crippen LogP contribution is 2.18. The van der Waals surface area contributed by atoms with E-state index >= 15 is 0 Å². The van der Waals surface area contributed by atoms with E-state index < -0.39 is 0 Å². The van der Waals surface area contributed by atoms with E-state index in [1.807, 2.05) is 35.2 Å². The van der Waals surface area contributed by atoms with Crippen molar-refractivity contribution < 1.29 is 9.90 Å². The van der Waals surface area contributed by atoms with E-state index in [4.69, 9.17) is 0 Å². The number of nitrogens with zero attached hydrogens (tertiary/aromatic N) is 3. The van der Waals surface area contributed by atoms with E-state index in [-0.39, 0.29) is 18.4 Å². The van der Waals surface area contributed by atoms with Crippen LogP contribution >= 0.6 is 0 Å². The van der Waals surface area contributed by atoms with Crippen molar-refractivity contribution in [3.8, 4) is 5.69 Å². The van der Waals surface area contributed by atoms with Crippen LogP contribution in [0.3, 0.4) is 0 Å². The van der Waals surface area contributed by atoms with Crippen LogP contribution in [0.15, 0.2) is 42.7 Å². The van der Waals surface area contributed by atoms with Crippen LogP contribution in [-0.2, 0) is 0 Å². The van der Waals surface area contributed by atoms with Gasteiger partial charge in [0.15, 0.2) is 0 Å². The summed E-state index contributed by atoms with van der Waals surface area (Å²) >= 11 is 0. The Morgan fingerprint density at radius 1 is 1.33 bits per heavy atom. The molecular weight excluding hydrogens is 266 g/mol. The molecule has 1 N–H and O–H groups in total. The minimum absolute atomic E-state index is 0.00432. The van der Waals surface area contributed by atoms with Crippen LogP contribution in [0, 0.1) is 5.92 Å². The van der Waals surface area contributed by atoms with Crippen LogP contribution in [0.25, 0.3) is 5.69 Å². The van der Waals surface area contributed by atoms with E-state index in [9.17, 15) is 9.90 Å². The second-order valence-corrected chi connectivity index (χ2v) is 5.45. The number of piperidine rings is 1. The Kier molecular flexibility index (Phi) is 4.01. The molecule has 0 bridgehead atoms. The summed E-state index contributed by atoms with van der Waals surface area (Å²) in [6.07, 6.45) is 5.31. The van der Waals surface area contributed by atoms with Crippen LogP contribution in [-0.4, -0.2) is 45.4 Å². The molecule has 1 aliphatic rings. The van der Waals surface area contributed by atoms with Gasteiger partial charge in [-0.1, -0.05) is 18.2 Å². The van der Waals surface area contributed by atoms with Gasteiger partial charge in [-0.05, 0) is 30.9 Å². The number of carbonyl (C=O) groups is 1. The largest absolute Gasteiger partial charge is 0.396 e. The third-order valence-electron chi connectivity index (χ3n) is 3.91.